The van der Waals surface area contributed by atoms with Gasteiger partial charge < -0.3 is 10.3 Å². The van der Waals surface area contributed by atoms with Crippen LogP contribution in [0.5, 0.6) is 0 Å². The fourth-order valence-corrected chi connectivity index (χ4v) is 3.36. The average Bonchev–Trinajstić information content (AvgIpc) is 3.12. The SMILES string of the molecule is CCc1cc(=O)[nH]c(-c2cccc(NC(=O)c3cnc(C(C)(C)C)s3)c2)n1. The molecule has 2 aromatic heterocycles. The number of rotatable bonds is 4. The molecule has 0 aliphatic carbocycles. The number of aromatic nitrogens is 3. The van der Waals surface area contributed by atoms with Crippen LogP contribution >= 0.6 is 11.3 Å². The van der Waals surface area contributed by atoms with E-state index in [1.807, 2.05) is 19.1 Å². The Bertz CT molecular complexity index is 1030. The lowest BCUT2D eigenvalue weighted by atomic mass is 9.98. The molecule has 0 saturated heterocycles. The standard InChI is InChI=1S/C20H22N4O2S/c1-5-13-10-16(25)24-17(22-13)12-7-6-8-14(9-12)23-18(26)15-11-21-19(27-15)20(2,3)4/h6-11H,5H2,1-4H3,(H,23,26)(H,22,24,25). The third kappa shape index (κ3) is 4.49. The number of aromatic amines is 1. The van der Waals surface area contributed by atoms with Crippen molar-refractivity contribution in [2.45, 2.75) is 39.5 Å². The van der Waals surface area contributed by atoms with Gasteiger partial charge in [0, 0.05) is 28.4 Å². The number of hydrogen-bond donors (Lipinski definition) is 2. The molecule has 2 heterocycles. The van der Waals surface area contributed by atoms with Gasteiger partial charge in [-0.05, 0) is 18.6 Å². The second-order valence-electron chi connectivity index (χ2n) is 7.25. The average molecular weight is 382 g/mol. The number of anilines is 1. The maximum absolute atomic E-state index is 12.5. The summed E-state index contributed by atoms with van der Waals surface area (Å²) >= 11 is 1.39. The van der Waals surface area contributed by atoms with E-state index in [2.05, 4.69) is 41.0 Å². The second kappa shape index (κ2) is 7.44. The molecular formula is C20H22N4O2S. The van der Waals surface area contributed by atoms with Crippen LogP contribution in [0.1, 0.15) is 48.1 Å². The van der Waals surface area contributed by atoms with Crippen LogP contribution in [-0.2, 0) is 11.8 Å². The Morgan fingerprint density at radius 1 is 1.26 bits per heavy atom. The Morgan fingerprint density at radius 2 is 2.04 bits per heavy atom. The Hall–Kier alpha value is -2.80. The van der Waals surface area contributed by atoms with Crippen molar-refractivity contribution >= 4 is 22.9 Å². The van der Waals surface area contributed by atoms with Crippen molar-refractivity contribution in [2.75, 3.05) is 5.32 Å². The van der Waals surface area contributed by atoms with Gasteiger partial charge in [-0.15, -0.1) is 11.3 Å². The first-order valence-electron chi connectivity index (χ1n) is 8.74. The number of benzene rings is 1. The van der Waals surface area contributed by atoms with Crippen LogP contribution in [0.4, 0.5) is 5.69 Å². The van der Waals surface area contributed by atoms with Gasteiger partial charge >= 0.3 is 0 Å². The Kier molecular flexibility index (Phi) is 5.23. The van der Waals surface area contributed by atoms with E-state index in [1.54, 1.807) is 18.3 Å². The topological polar surface area (TPSA) is 87.7 Å². The quantitative estimate of drug-likeness (QED) is 0.714. The van der Waals surface area contributed by atoms with E-state index in [1.165, 1.54) is 17.4 Å². The highest BCUT2D eigenvalue weighted by Gasteiger charge is 2.20. The van der Waals surface area contributed by atoms with Gasteiger partial charge in [-0.2, -0.15) is 0 Å². The third-order valence-corrected chi connectivity index (χ3v) is 5.34. The minimum Gasteiger partial charge on any atom is -0.321 e. The van der Waals surface area contributed by atoms with Gasteiger partial charge in [0.1, 0.15) is 10.7 Å². The van der Waals surface area contributed by atoms with Gasteiger partial charge in [-0.25, -0.2) is 9.97 Å². The summed E-state index contributed by atoms with van der Waals surface area (Å²) in [5, 5.41) is 3.80. The highest BCUT2D eigenvalue weighted by Crippen LogP contribution is 2.27. The summed E-state index contributed by atoms with van der Waals surface area (Å²) < 4.78 is 0. The minimum absolute atomic E-state index is 0.0923. The number of nitrogens with zero attached hydrogens (tertiary/aromatic N) is 2. The van der Waals surface area contributed by atoms with Crippen LogP contribution in [0.2, 0.25) is 0 Å². The normalized spacial score (nSPS) is 11.4. The van der Waals surface area contributed by atoms with Gasteiger partial charge in [0.15, 0.2) is 0 Å². The predicted molar refractivity (Wildman–Crippen MR) is 108 cm³/mol. The zero-order valence-corrected chi connectivity index (χ0v) is 16.6. The molecule has 0 radical (unpaired) electrons. The Balaban J connectivity index is 1.84. The summed E-state index contributed by atoms with van der Waals surface area (Å²) in [6, 6.07) is 8.75. The number of thiazole rings is 1. The number of aryl methyl sites for hydroxylation is 1. The fraction of sp³-hybridized carbons (Fsp3) is 0.300. The summed E-state index contributed by atoms with van der Waals surface area (Å²) in [5.74, 6) is 0.284. The molecule has 0 aliphatic rings. The molecule has 3 rings (SSSR count). The van der Waals surface area contributed by atoms with Crippen molar-refractivity contribution in [2.24, 2.45) is 0 Å². The first-order chi connectivity index (χ1) is 12.8. The maximum atomic E-state index is 12.5. The highest BCUT2D eigenvalue weighted by molar-refractivity contribution is 7.13. The van der Waals surface area contributed by atoms with Crippen molar-refractivity contribution in [1.82, 2.24) is 15.0 Å². The highest BCUT2D eigenvalue weighted by atomic mass is 32.1. The van der Waals surface area contributed by atoms with E-state index < -0.39 is 0 Å². The summed E-state index contributed by atoms with van der Waals surface area (Å²) in [7, 11) is 0. The molecule has 6 nitrogen and oxygen atoms in total. The van der Waals surface area contributed by atoms with Gasteiger partial charge in [-0.3, -0.25) is 9.59 Å². The Labute approximate surface area is 161 Å². The maximum Gasteiger partial charge on any atom is 0.267 e. The number of carbonyl (C=O) groups excluding carboxylic acids is 1. The lowest BCUT2D eigenvalue weighted by Crippen LogP contribution is -2.12. The molecule has 0 spiro atoms. The van der Waals surface area contributed by atoms with E-state index in [-0.39, 0.29) is 16.9 Å². The molecular weight excluding hydrogens is 360 g/mol. The molecule has 0 atom stereocenters. The zero-order valence-electron chi connectivity index (χ0n) is 15.8. The van der Waals surface area contributed by atoms with Crippen molar-refractivity contribution in [3.8, 4) is 11.4 Å². The van der Waals surface area contributed by atoms with E-state index >= 15 is 0 Å². The first kappa shape index (κ1) is 19.0. The van der Waals surface area contributed by atoms with E-state index in [0.717, 1.165) is 16.3 Å². The van der Waals surface area contributed by atoms with Crippen molar-refractivity contribution in [3.05, 3.63) is 62.5 Å². The molecule has 27 heavy (non-hydrogen) atoms. The number of nitrogens with one attached hydrogen (secondary N) is 2. The smallest absolute Gasteiger partial charge is 0.267 e. The molecule has 0 unspecified atom stereocenters. The number of hydrogen-bond acceptors (Lipinski definition) is 5. The van der Waals surface area contributed by atoms with Gasteiger partial charge in [0.05, 0.1) is 11.2 Å². The predicted octanol–water partition coefficient (Wildman–Crippen LogP) is 4.01. The second-order valence-corrected chi connectivity index (χ2v) is 8.28. The fourth-order valence-electron chi connectivity index (χ4n) is 2.49. The van der Waals surface area contributed by atoms with Gasteiger partial charge in [-0.1, -0.05) is 39.8 Å². The summed E-state index contributed by atoms with van der Waals surface area (Å²) in [5.41, 5.74) is 1.81. The van der Waals surface area contributed by atoms with E-state index in [9.17, 15) is 9.59 Å². The van der Waals surface area contributed by atoms with E-state index in [4.69, 9.17) is 0 Å². The van der Waals surface area contributed by atoms with Crippen LogP contribution in [0.15, 0.2) is 41.3 Å². The third-order valence-electron chi connectivity index (χ3n) is 3.92. The van der Waals surface area contributed by atoms with Gasteiger partial charge in [0.2, 0.25) is 0 Å². The van der Waals surface area contributed by atoms with Crippen molar-refractivity contribution in [3.63, 3.8) is 0 Å². The number of carbonyl (C=O) groups is 1. The lowest BCUT2D eigenvalue weighted by Gasteiger charge is -2.13. The van der Waals surface area contributed by atoms with Gasteiger partial charge in [0.25, 0.3) is 11.5 Å². The molecule has 140 valence electrons. The molecule has 0 bridgehead atoms. The molecule has 0 saturated carbocycles. The minimum atomic E-state index is -0.205. The van der Waals surface area contributed by atoms with E-state index in [0.29, 0.717) is 22.8 Å². The number of amides is 1. The molecule has 0 fully saturated rings. The molecule has 7 heteroatoms. The van der Waals surface area contributed by atoms with Crippen LogP contribution < -0.4 is 10.9 Å². The van der Waals surface area contributed by atoms with Crippen LogP contribution in [0.25, 0.3) is 11.4 Å². The largest absolute Gasteiger partial charge is 0.321 e. The lowest BCUT2D eigenvalue weighted by molar-refractivity contribution is 0.103. The summed E-state index contributed by atoms with van der Waals surface area (Å²) in [4.78, 5) is 36.5. The van der Waals surface area contributed by atoms with Crippen LogP contribution in [0, 0.1) is 0 Å². The Morgan fingerprint density at radius 3 is 2.70 bits per heavy atom. The molecule has 1 aromatic carbocycles. The zero-order chi connectivity index (χ0) is 19.6. The van der Waals surface area contributed by atoms with Crippen LogP contribution in [0.3, 0.4) is 0 Å². The summed E-state index contributed by atoms with van der Waals surface area (Å²) in [6.45, 7) is 8.14. The molecule has 0 aliphatic heterocycles. The first-order valence-corrected chi connectivity index (χ1v) is 9.56. The molecule has 1 amide bonds. The molecule has 3 aromatic rings. The van der Waals surface area contributed by atoms with Crippen molar-refractivity contribution < 1.29 is 4.79 Å². The monoisotopic (exact) mass is 382 g/mol. The molecule has 2 N–H and O–H groups in total. The van der Waals surface area contributed by atoms with Crippen LogP contribution in [-0.4, -0.2) is 20.9 Å². The van der Waals surface area contributed by atoms with Crippen molar-refractivity contribution in [1.29, 1.82) is 0 Å². The summed E-state index contributed by atoms with van der Waals surface area (Å²) in [6.07, 6.45) is 2.28. The number of H-pyrrole nitrogens is 1.